The van der Waals surface area contributed by atoms with Crippen LogP contribution in [0.15, 0.2) is 0 Å². The van der Waals surface area contributed by atoms with E-state index >= 15 is 0 Å². The highest BCUT2D eigenvalue weighted by Crippen LogP contribution is 2.21. The van der Waals surface area contributed by atoms with E-state index < -0.39 is 0 Å². The summed E-state index contributed by atoms with van der Waals surface area (Å²) in [5, 5.41) is 3.74. The lowest BCUT2D eigenvalue weighted by Crippen LogP contribution is -2.30. The van der Waals surface area contributed by atoms with E-state index in [1.165, 1.54) is 77.2 Å². The van der Waals surface area contributed by atoms with Crippen LogP contribution in [0.5, 0.6) is 0 Å². The average molecular weight is 239 g/mol. The first kappa shape index (κ1) is 15.0. The molecule has 0 aliphatic carbocycles. The van der Waals surface area contributed by atoms with Gasteiger partial charge in [-0.1, -0.05) is 58.8 Å². The number of hydrogen-bond acceptors (Lipinski definition) is 1. The summed E-state index contributed by atoms with van der Waals surface area (Å²) >= 11 is 0. The van der Waals surface area contributed by atoms with Crippen LogP contribution < -0.4 is 5.32 Å². The zero-order valence-corrected chi connectivity index (χ0v) is 12.1. The average Bonchev–Trinajstić information content (AvgIpc) is 2.59. The molecule has 0 bridgehead atoms. The maximum Gasteiger partial charge on any atom is 0.00645 e. The monoisotopic (exact) mass is 239 g/mol. The van der Waals surface area contributed by atoms with Gasteiger partial charge in [0.25, 0.3) is 0 Å². The molecule has 1 rings (SSSR count). The first-order valence-corrected chi connectivity index (χ1v) is 8.10. The van der Waals surface area contributed by atoms with Crippen LogP contribution in [0.1, 0.15) is 84.5 Å². The van der Waals surface area contributed by atoms with E-state index in [2.05, 4.69) is 19.2 Å². The van der Waals surface area contributed by atoms with Crippen molar-refractivity contribution in [2.24, 2.45) is 5.92 Å². The van der Waals surface area contributed by atoms with Crippen molar-refractivity contribution in [3.05, 3.63) is 0 Å². The molecule has 1 heteroatoms. The summed E-state index contributed by atoms with van der Waals surface area (Å²) in [4.78, 5) is 0. The smallest absolute Gasteiger partial charge is 0.00645 e. The number of unbranched alkanes of at least 4 members (excludes halogenated alkanes) is 5. The minimum atomic E-state index is 0.810. The van der Waals surface area contributed by atoms with Gasteiger partial charge in [-0.15, -0.1) is 0 Å². The fourth-order valence-corrected chi connectivity index (χ4v) is 3.00. The van der Waals surface area contributed by atoms with Crippen molar-refractivity contribution in [3.63, 3.8) is 0 Å². The van der Waals surface area contributed by atoms with E-state index in [1.807, 2.05) is 0 Å². The SMILES string of the molecule is CCCCCCCC[C@@H]1CCCC(CC)NC1. The van der Waals surface area contributed by atoms with Crippen molar-refractivity contribution in [2.75, 3.05) is 6.54 Å². The van der Waals surface area contributed by atoms with Crippen LogP contribution in [0.4, 0.5) is 0 Å². The number of hydrogen-bond donors (Lipinski definition) is 1. The molecule has 1 heterocycles. The van der Waals surface area contributed by atoms with Gasteiger partial charge in [0.15, 0.2) is 0 Å². The fraction of sp³-hybridized carbons (Fsp3) is 1.00. The maximum absolute atomic E-state index is 3.74. The van der Waals surface area contributed by atoms with Crippen LogP contribution in [-0.2, 0) is 0 Å². The van der Waals surface area contributed by atoms with E-state index in [0.717, 1.165) is 12.0 Å². The summed E-state index contributed by atoms with van der Waals surface area (Å²) in [7, 11) is 0. The summed E-state index contributed by atoms with van der Waals surface area (Å²) in [6.45, 7) is 5.89. The van der Waals surface area contributed by atoms with E-state index in [0.29, 0.717) is 0 Å². The molecule has 1 nitrogen and oxygen atoms in total. The van der Waals surface area contributed by atoms with Crippen molar-refractivity contribution >= 4 is 0 Å². The second-order valence-corrected chi connectivity index (χ2v) is 5.87. The molecule has 0 amide bonds. The highest BCUT2D eigenvalue weighted by Gasteiger charge is 2.16. The first-order chi connectivity index (χ1) is 8.36. The second-order valence-electron chi connectivity index (χ2n) is 5.87. The zero-order chi connectivity index (χ0) is 12.3. The lowest BCUT2D eigenvalue weighted by Gasteiger charge is -2.16. The van der Waals surface area contributed by atoms with Gasteiger partial charge in [0.05, 0.1) is 0 Å². The van der Waals surface area contributed by atoms with Gasteiger partial charge < -0.3 is 5.32 Å². The van der Waals surface area contributed by atoms with Crippen LogP contribution in [0.3, 0.4) is 0 Å². The van der Waals surface area contributed by atoms with Crippen LogP contribution in [-0.4, -0.2) is 12.6 Å². The molecule has 0 aromatic rings. The van der Waals surface area contributed by atoms with E-state index in [1.54, 1.807) is 0 Å². The highest BCUT2D eigenvalue weighted by atomic mass is 14.9. The number of rotatable bonds is 8. The molecule has 0 radical (unpaired) electrons. The summed E-state index contributed by atoms with van der Waals surface area (Å²) in [5.41, 5.74) is 0. The molecule has 17 heavy (non-hydrogen) atoms. The normalized spacial score (nSPS) is 25.8. The predicted molar refractivity (Wildman–Crippen MR) is 77.4 cm³/mol. The minimum Gasteiger partial charge on any atom is -0.314 e. The topological polar surface area (TPSA) is 12.0 Å². The molecular formula is C16H33N. The Labute approximate surface area is 109 Å². The standard InChI is InChI=1S/C16H33N/c1-3-5-6-7-8-9-11-15-12-10-13-16(4-2)17-14-15/h15-17H,3-14H2,1-2H3/t15-,16?/m1/s1. The highest BCUT2D eigenvalue weighted by molar-refractivity contribution is 4.74. The Morgan fingerprint density at radius 3 is 2.47 bits per heavy atom. The van der Waals surface area contributed by atoms with Gasteiger partial charge in [0, 0.05) is 6.04 Å². The number of nitrogens with one attached hydrogen (secondary N) is 1. The van der Waals surface area contributed by atoms with Crippen LogP contribution in [0, 0.1) is 5.92 Å². The quantitative estimate of drug-likeness (QED) is 0.594. The third kappa shape index (κ3) is 7.08. The third-order valence-electron chi connectivity index (χ3n) is 4.32. The Balaban J connectivity index is 1.99. The third-order valence-corrected chi connectivity index (χ3v) is 4.32. The Morgan fingerprint density at radius 1 is 0.941 bits per heavy atom. The van der Waals surface area contributed by atoms with Gasteiger partial charge in [-0.05, 0) is 38.1 Å². The van der Waals surface area contributed by atoms with Gasteiger partial charge in [-0.25, -0.2) is 0 Å². The van der Waals surface area contributed by atoms with Gasteiger partial charge in [-0.2, -0.15) is 0 Å². The second kappa shape index (κ2) is 9.94. The molecule has 1 fully saturated rings. The van der Waals surface area contributed by atoms with Crippen LogP contribution in [0.25, 0.3) is 0 Å². The molecule has 1 saturated heterocycles. The van der Waals surface area contributed by atoms with E-state index in [9.17, 15) is 0 Å². The summed E-state index contributed by atoms with van der Waals surface area (Å²) in [5.74, 6) is 0.970. The Bertz CT molecular complexity index is 167. The summed E-state index contributed by atoms with van der Waals surface area (Å²) in [6.07, 6.45) is 15.8. The van der Waals surface area contributed by atoms with E-state index in [-0.39, 0.29) is 0 Å². The zero-order valence-electron chi connectivity index (χ0n) is 12.1. The van der Waals surface area contributed by atoms with E-state index in [4.69, 9.17) is 0 Å². The maximum atomic E-state index is 3.74. The molecular weight excluding hydrogens is 206 g/mol. The van der Waals surface area contributed by atoms with Gasteiger partial charge in [0.1, 0.15) is 0 Å². The summed E-state index contributed by atoms with van der Waals surface area (Å²) in [6, 6.07) is 0.810. The lowest BCUT2D eigenvalue weighted by molar-refractivity contribution is 0.410. The largest absolute Gasteiger partial charge is 0.314 e. The molecule has 2 atom stereocenters. The van der Waals surface area contributed by atoms with Gasteiger partial charge in [0.2, 0.25) is 0 Å². The van der Waals surface area contributed by atoms with Gasteiger partial charge in [-0.3, -0.25) is 0 Å². The van der Waals surface area contributed by atoms with Crippen molar-refractivity contribution < 1.29 is 0 Å². The first-order valence-electron chi connectivity index (χ1n) is 8.10. The molecule has 0 spiro atoms. The molecule has 1 N–H and O–H groups in total. The van der Waals surface area contributed by atoms with Crippen molar-refractivity contribution in [1.82, 2.24) is 5.32 Å². The Hall–Kier alpha value is -0.0400. The molecule has 1 aliphatic heterocycles. The molecule has 0 saturated carbocycles. The molecule has 0 aromatic heterocycles. The fourth-order valence-electron chi connectivity index (χ4n) is 3.00. The minimum absolute atomic E-state index is 0.810. The van der Waals surface area contributed by atoms with Crippen molar-refractivity contribution in [1.29, 1.82) is 0 Å². The molecule has 1 aliphatic rings. The van der Waals surface area contributed by atoms with Crippen molar-refractivity contribution in [2.45, 2.75) is 90.5 Å². The summed E-state index contributed by atoms with van der Waals surface area (Å²) < 4.78 is 0. The molecule has 0 aromatic carbocycles. The molecule has 1 unspecified atom stereocenters. The van der Waals surface area contributed by atoms with Crippen molar-refractivity contribution in [3.8, 4) is 0 Å². The predicted octanol–water partition coefficient (Wildman–Crippen LogP) is 4.91. The van der Waals surface area contributed by atoms with Crippen LogP contribution in [0.2, 0.25) is 0 Å². The van der Waals surface area contributed by atoms with Gasteiger partial charge >= 0.3 is 0 Å². The van der Waals surface area contributed by atoms with Crippen LogP contribution >= 0.6 is 0 Å². The molecule has 102 valence electrons. The Kier molecular flexibility index (Phi) is 8.78. The Morgan fingerprint density at radius 2 is 1.71 bits per heavy atom. The lowest BCUT2D eigenvalue weighted by atomic mass is 9.96.